The maximum absolute atomic E-state index is 12.9. The third-order valence-electron chi connectivity index (χ3n) is 16.7. The van der Waals surface area contributed by atoms with Crippen LogP contribution in [0.1, 0.15) is 361 Å². The quantitative estimate of drug-likeness (QED) is 0.0195. The predicted octanol–water partition coefficient (Wildman–Crippen LogP) is 24.1. The SMILES string of the molecule is CCCCCCC/C=C\C/C=C\C/C=C\CCCCCCCCCCCCCCCCCCCCCCCCCCC(=O)OC(COC(=O)CCCCCCCCCCCC/C=C\C/C=C\C/C=C\CCCCCCC)COP(=O)([O-])OCC[N+](C)(C)C. The number of ether oxygens (including phenoxy) is 2. The van der Waals surface area contributed by atoms with Crippen molar-refractivity contribution in [2.75, 3.05) is 47.5 Å². The average molecular weight is 1250 g/mol. The van der Waals surface area contributed by atoms with Crippen LogP contribution in [0.5, 0.6) is 0 Å². The summed E-state index contributed by atoms with van der Waals surface area (Å²) in [6.07, 6.45) is 92.9. The zero-order chi connectivity index (χ0) is 64.1. The number of rotatable bonds is 70. The average Bonchev–Trinajstić information content (AvgIpc) is 3.68. The van der Waals surface area contributed by atoms with E-state index in [1.54, 1.807) is 0 Å². The smallest absolute Gasteiger partial charge is 0.306 e. The minimum atomic E-state index is -4.64. The maximum Gasteiger partial charge on any atom is 0.306 e. The second-order valence-corrected chi connectivity index (χ2v) is 28.1. The Hall–Kier alpha value is -2.55. The Balaban J connectivity index is 3.95. The van der Waals surface area contributed by atoms with Crippen molar-refractivity contribution in [2.24, 2.45) is 0 Å². The topological polar surface area (TPSA) is 111 Å². The van der Waals surface area contributed by atoms with Gasteiger partial charge in [0.15, 0.2) is 6.10 Å². The first-order chi connectivity index (χ1) is 43.0. The highest BCUT2D eigenvalue weighted by atomic mass is 31.2. The normalized spacial score (nSPS) is 13.5. The maximum atomic E-state index is 12.9. The van der Waals surface area contributed by atoms with E-state index in [0.29, 0.717) is 17.4 Å². The standard InChI is InChI=1S/C78H144NO8P/c1-6-8-10-12-14-16-18-20-22-24-26-28-30-32-33-34-35-36-37-38-39-40-41-42-43-44-45-47-49-51-53-55-57-59-61-63-65-67-69-71-78(81)87-76(75-86-88(82,83)85-73-72-79(3,4)5)74-84-77(80)70-68-66-64-62-60-58-56-54-52-50-48-46-31-29-27-25-23-21-19-17-15-13-11-9-7-2/h18-21,24-27,30-32,46,76H,6-17,22-23,28-29,33-45,47-75H2,1-5H3/b20-18-,21-19-,26-24-,27-25-,32-30-,46-31-. The van der Waals surface area contributed by atoms with E-state index in [2.05, 4.69) is 86.8 Å². The predicted molar refractivity (Wildman–Crippen MR) is 379 cm³/mol. The molecule has 0 rings (SSSR count). The summed E-state index contributed by atoms with van der Waals surface area (Å²) in [6.45, 7) is 4.26. The molecule has 514 valence electrons. The van der Waals surface area contributed by atoms with Crippen LogP contribution in [-0.4, -0.2) is 70.0 Å². The molecule has 0 N–H and O–H groups in total. The minimum absolute atomic E-state index is 0.0315. The van der Waals surface area contributed by atoms with Gasteiger partial charge in [-0.1, -0.05) is 331 Å². The highest BCUT2D eigenvalue weighted by Gasteiger charge is 2.22. The first-order valence-electron chi connectivity index (χ1n) is 37.6. The lowest BCUT2D eigenvalue weighted by Crippen LogP contribution is -2.37. The summed E-state index contributed by atoms with van der Waals surface area (Å²) < 4.78 is 34.4. The number of esters is 2. The molecule has 0 amide bonds. The molecule has 2 unspecified atom stereocenters. The minimum Gasteiger partial charge on any atom is -0.756 e. The van der Waals surface area contributed by atoms with E-state index in [1.165, 1.54) is 270 Å². The van der Waals surface area contributed by atoms with E-state index in [0.717, 1.165) is 57.8 Å². The molecule has 0 radical (unpaired) electrons. The highest BCUT2D eigenvalue weighted by molar-refractivity contribution is 7.45. The molecule has 0 aromatic heterocycles. The third kappa shape index (κ3) is 72.5. The molecule has 88 heavy (non-hydrogen) atoms. The van der Waals surface area contributed by atoms with Gasteiger partial charge in [-0.3, -0.25) is 14.2 Å². The number of allylic oxidation sites excluding steroid dienone is 12. The summed E-state index contributed by atoms with van der Waals surface area (Å²) >= 11 is 0. The number of nitrogens with zero attached hydrogens (tertiary/aromatic N) is 1. The first kappa shape index (κ1) is 85.5. The van der Waals surface area contributed by atoms with Crippen molar-refractivity contribution in [2.45, 2.75) is 367 Å². The summed E-state index contributed by atoms with van der Waals surface area (Å²) in [4.78, 5) is 38.1. The molecule has 0 saturated carbocycles. The molecule has 0 aromatic rings. The molecule has 0 aliphatic carbocycles. The Morgan fingerprint density at radius 2 is 0.614 bits per heavy atom. The molecular weight excluding hydrogens is 1110 g/mol. The molecule has 0 spiro atoms. The lowest BCUT2D eigenvalue weighted by Gasteiger charge is -2.28. The van der Waals surface area contributed by atoms with Crippen LogP contribution >= 0.6 is 7.82 Å². The van der Waals surface area contributed by atoms with Crippen LogP contribution in [0.4, 0.5) is 0 Å². The fourth-order valence-corrected chi connectivity index (χ4v) is 11.6. The van der Waals surface area contributed by atoms with Gasteiger partial charge in [-0.15, -0.1) is 0 Å². The Morgan fingerprint density at radius 3 is 0.909 bits per heavy atom. The highest BCUT2D eigenvalue weighted by Crippen LogP contribution is 2.38. The molecule has 9 nitrogen and oxygen atoms in total. The summed E-state index contributed by atoms with van der Waals surface area (Å²) in [5.41, 5.74) is 0. The number of phosphoric acid groups is 1. The molecule has 0 fully saturated rings. The summed E-state index contributed by atoms with van der Waals surface area (Å²) in [5.74, 6) is -0.823. The fraction of sp³-hybridized carbons (Fsp3) is 0.821. The van der Waals surface area contributed by atoms with Crippen molar-refractivity contribution >= 4 is 19.8 Å². The van der Waals surface area contributed by atoms with Crippen molar-refractivity contribution in [3.05, 3.63) is 72.9 Å². The Kier molecular flexibility index (Phi) is 66.8. The first-order valence-corrected chi connectivity index (χ1v) is 39.1. The zero-order valence-electron chi connectivity index (χ0n) is 58.7. The van der Waals surface area contributed by atoms with Gasteiger partial charge in [0.1, 0.15) is 19.8 Å². The summed E-state index contributed by atoms with van der Waals surface area (Å²) in [6, 6.07) is 0. The fourth-order valence-electron chi connectivity index (χ4n) is 10.9. The molecule has 0 bridgehead atoms. The number of carbonyl (C=O) groups excluding carboxylic acids is 2. The summed E-state index contributed by atoms with van der Waals surface area (Å²) in [7, 11) is 1.17. The van der Waals surface area contributed by atoms with Gasteiger partial charge >= 0.3 is 11.9 Å². The number of carbonyl (C=O) groups is 2. The number of hydrogen-bond donors (Lipinski definition) is 0. The van der Waals surface area contributed by atoms with Gasteiger partial charge in [0.05, 0.1) is 27.7 Å². The number of hydrogen-bond acceptors (Lipinski definition) is 8. The third-order valence-corrected chi connectivity index (χ3v) is 17.7. The van der Waals surface area contributed by atoms with Crippen LogP contribution in [0.15, 0.2) is 72.9 Å². The second kappa shape index (κ2) is 68.8. The van der Waals surface area contributed by atoms with Crippen molar-refractivity contribution in [1.82, 2.24) is 0 Å². The van der Waals surface area contributed by atoms with Gasteiger partial charge in [-0.2, -0.15) is 0 Å². The second-order valence-electron chi connectivity index (χ2n) is 26.7. The molecule has 0 aliphatic heterocycles. The van der Waals surface area contributed by atoms with Crippen LogP contribution in [-0.2, 0) is 32.7 Å². The molecule has 2 atom stereocenters. The number of unbranched alkanes of at least 4 members (excludes halogenated alkanes) is 44. The zero-order valence-corrected chi connectivity index (χ0v) is 59.6. The van der Waals surface area contributed by atoms with Crippen molar-refractivity contribution < 1.29 is 42.1 Å². The van der Waals surface area contributed by atoms with Crippen LogP contribution in [0.2, 0.25) is 0 Å². The van der Waals surface area contributed by atoms with Crippen LogP contribution in [0.3, 0.4) is 0 Å². The Morgan fingerprint density at radius 1 is 0.352 bits per heavy atom. The number of phosphoric ester groups is 1. The van der Waals surface area contributed by atoms with E-state index >= 15 is 0 Å². The Labute approximate surface area is 546 Å². The molecule has 0 saturated heterocycles. The lowest BCUT2D eigenvalue weighted by atomic mass is 10.0. The van der Waals surface area contributed by atoms with E-state index in [9.17, 15) is 19.0 Å². The Bertz CT molecular complexity index is 1710. The van der Waals surface area contributed by atoms with Crippen LogP contribution < -0.4 is 4.89 Å². The number of quaternary nitrogens is 1. The van der Waals surface area contributed by atoms with E-state index in [-0.39, 0.29) is 32.0 Å². The lowest BCUT2D eigenvalue weighted by molar-refractivity contribution is -0.870. The van der Waals surface area contributed by atoms with E-state index < -0.39 is 26.5 Å². The number of likely N-dealkylation sites (N-methyl/N-ethyl adjacent to an activating group) is 1. The van der Waals surface area contributed by atoms with Gasteiger partial charge in [-0.05, 0) is 89.9 Å². The summed E-state index contributed by atoms with van der Waals surface area (Å²) in [5, 5.41) is 0. The molecule has 0 aliphatic rings. The van der Waals surface area contributed by atoms with E-state index in [1.807, 2.05) is 21.1 Å². The monoisotopic (exact) mass is 1250 g/mol. The molecule has 10 heteroatoms. The van der Waals surface area contributed by atoms with Crippen LogP contribution in [0.25, 0.3) is 0 Å². The van der Waals surface area contributed by atoms with Crippen molar-refractivity contribution in [3.63, 3.8) is 0 Å². The van der Waals surface area contributed by atoms with Gasteiger partial charge < -0.3 is 27.9 Å². The van der Waals surface area contributed by atoms with Crippen LogP contribution in [0, 0.1) is 0 Å². The largest absolute Gasteiger partial charge is 0.756 e. The van der Waals surface area contributed by atoms with Gasteiger partial charge in [0.25, 0.3) is 7.82 Å². The molecule has 0 heterocycles. The van der Waals surface area contributed by atoms with E-state index in [4.69, 9.17) is 18.5 Å². The molecule has 0 aromatic carbocycles. The van der Waals surface area contributed by atoms with Gasteiger partial charge in [0, 0.05) is 12.8 Å². The van der Waals surface area contributed by atoms with Crippen molar-refractivity contribution in [3.8, 4) is 0 Å². The molecular formula is C78H144NO8P. The van der Waals surface area contributed by atoms with Gasteiger partial charge in [-0.25, -0.2) is 0 Å². The van der Waals surface area contributed by atoms with Crippen molar-refractivity contribution in [1.29, 1.82) is 0 Å². The van der Waals surface area contributed by atoms with Gasteiger partial charge in [0.2, 0.25) is 0 Å².